The molecule has 0 saturated carbocycles. The molecule has 1 saturated heterocycles. The Hall–Kier alpha value is -3.45. The van der Waals surface area contributed by atoms with E-state index in [-0.39, 0.29) is 17.9 Å². The summed E-state index contributed by atoms with van der Waals surface area (Å²) in [5.41, 5.74) is 9.36. The molecule has 1 aromatic heterocycles. The fourth-order valence-electron chi connectivity index (χ4n) is 5.24. The van der Waals surface area contributed by atoms with Crippen molar-refractivity contribution in [3.63, 3.8) is 0 Å². The van der Waals surface area contributed by atoms with Crippen LogP contribution < -0.4 is 19.9 Å². The standard InChI is InChI=1S/C29H34N2O5/c1-3-4-20-5-9-25(27(16-20)33-2)34-18-22-7-10-26(36-22)28(32)31-13-11-29(12-14-31)19-35-24-8-6-21(17-30)15-23(24)29/h5-10,15-16H,3-4,11-14,17-19,30H2,1-2H3. The maximum Gasteiger partial charge on any atom is 0.289 e. The number of piperidine rings is 1. The maximum atomic E-state index is 13.2. The number of furan rings is 1. The molecule has 0 bridgehead atoms. The predicted molar refractivity (Wildman–Crippen MR) is 137 cm³/mol. The van der Waals surface area contributed by atoms with Gasteiger partial charge in [-0.15, -0.1) is 0 Å². The number of hydrogen-bond acceptors (Lipinski definition) is 6. The quantitative estimate of drug-likeness (QED) is 0.486. The summed E-state index contributed by atoms with van der Waals surface area (Å²) in [7, 11) is 1.64. The van der Waals surface area contributed by atoms with Crippen molar-refractivity contribution in [3.05, 3.63) is 76.7 Å². The van der Waals surface area contributed by atoms with Gasteiger partial charge in [-0.25, -0.2) is 0 Å². The average Bonchev–Trinajstić information content (AvgIpc) is 3.53. The van der Waals surface area contributed by atoms with Crippen LogP contribution in [0.5, 0.6) is 17.2 Å². The number of carbonyl (C=O) groups excluding carboxylic acids is 1. The Morgan fingerprint density at radius 2 is 1.86 bits per heavy atom. The number of nitrogens with two attached hydrogens (primary N) is 1. The highest BCUT2D eigenvalue weighted by Crippen LogP contribution is 2.46. The largest absolute Gasteiger partial charge is 0.493 e. The van der Waals surface area contributed by atoms with Gasteiger partial charge in [0.25, 0.3) is 5.91 Å². The van der Waals surface area contributed by atoms with Crippen molar-refractivity contribution in [2.75, 3.05) is 26.8 Å². The van der Waals surface area contributed by atoms with Gasteiger partial charge in [0.2, 0.25) is 0 Å². The van der Waals surface area contributed by atoms with Gasteiger partial charge in [-0.1, -0.05) is 31.5 Å². The maximum absolute atomic E-state index is 13.2. The van der Waals surface area contributed by atoms with Gasteiger partial charge in [-0.2, -0.15) is 0 Å². The van der Waals surface area contributed by atoms with Crippen LogP contribution in [0, 0.1) is 0 Å². The Morgan fingerprint density at radius 3 is 2.61 bits per heavy atom. The lowest BCUT2D eigenvalue weighted by Gasteiger charge is -2.38. The molecule has 2 N–H and O–H groups in total. The lowest BCUT2D eigenvalue weighted by Crippen LogP contribution is -2.46. The Kier molecular flexibility index (Phi) is 6.92. The number of fused-ring (bicyclic) bond motifs is 2. The molecule has 0 unspecified atom stereocenters. The first-order chi connectivity index (χ1) is 17.5. The first-order valence-corrected chi connectivity index (χ1v) is 12.7. The molecule has 2 aliphatic heterocycles. The van der Waals surface area contributed by atoms with Crippen LogP contribution in [0.2, 0.25) is 0 Å². The molecule has 7 nitrogen and oxygen atoms in total. The third kappa shape index (κ3) is 4.67. The van der Waals surface area contributed by atoms with Gasteiger partial charge in [0.05, 0.1) is 13.7 Å². The summed E-state index contributed by atoms with van der Waals surface area (Å²) in [6, 6.07) is 15.7. The van der Waals surface area contributed by atoms with Crippen LogP contribution in [-0.2, 0) is 25.0 Å². The number of benzene rings is 2. The van der Waals surface area contributed by atoms with Crippen molar-refractivity contribution in [1.29, 1.82) is 0 Å². The van der Waals surface area contributed by atoms with Crippen molar-refractivity contribution in [1.82, 2.24) is 4.90 Å². The van der Waals surface area contributed by atoms with Crippen molar-refractivity contribution in [3.8, 4) is 17.2 Å². The molecular formula is C29H34N2O5. The van der Waals surface area contributed by atoms with E-state index in [2.05, 4.69) is 13.0 Å². The number of likely N-dealkylation sites (tertiary alicyclic amines) is 1. The van der Waals surface area contributed by atoms with E-state index in [0.717, 1.165) is 37.0 Å². The second-order valence-electron chi connectivity index (χ2n) is 9.69. The zero-order valence-electron chi connectivity index (χ0n) is 21.0. The highest BCUT2D eigenvalue weighted by Gasteiger charge is 2.44. The van der Waals surface area contributed by atoms with E-state index in [4.69, 9.17) is 24.4 Å². The van der Waals surface area contributed by atoms with Gasteiger partial charge in [-0.05, 0) is 60.7 Å². The molecule has 3 heterocycles. The zero-order valence-corrected chi connectivity index (χ0v) is 21.0. The molecule has 36 heavy (non-hydrogen) atoms. The van der Waals surface area contributed by atoms with Crippen LogP contribution in [0.3, 0.4) is 0 Å². The van der Waals surface area contributed by atoms with Gasteiger partial charge in [0.15, 0.2) is 17.3 Å². The first kappa shape index (κ1) is 24.3. The summed E-state index contributed by atoms with van der Waals surface area (Å²) < 4.78 is 23.3. The minimum Gasteiger partial charge on any atom is -0.493 e. The lowest BCUT2D eigenvalue weighted by atomic mass is 9.74. The fraction of sp³-hybridized carbons (Fsp3) is 0.414. The number of amides is 1. The molecule has 5 rings (SSSR count). The Balaban J connectivity index is 1.20. The van der Waals surface area contributed by atoms with Gasteiger partial charge in [0, 0.05) is 30.6 Å². The summed E-state index contributed by atoms with van der Waals surface area (Å²) in [5, 5.41) is 0. The van der Waals surface area contributed by atoms with E-state index in [0.29, 0.717) is 49.3 Å². The van der Waals surface area contributed by atoms with Crippen LogP contribution in [0.4, 0.5) is 0 Å². The monoisotopic (exact) mass is 490 g/mol. The summed E-state index contributed by atoms with van der Waals surface area (Å²) in [6.07, 6.45) is 3.77. The number of nitrogens with zero attached hydrogens (tertiary/aromatic N) is 1. The molecule has 2 aromatic carbocycles. The molecule has 0 atom stereocenters. The lowest BCUT2D eigenvalue weighted by molar-refractivity contribution is 0.0611. The molecule has 1 spiro atoms. The highest BCUT2D eigenvalue weighted by atomic mass is 16.5. The van der Waals surface area contributed by atoms with E-state index in [9.17, 15) is 4.79 Å². The normalized spacial score (nSPS) is 16.0. The van der Waals surface area contributed by atoms with Gasteiger partial charge >= 0.3 is 0 Å². The summed E-state index contributed by atoms with van der Waals surface area (Å²) in [5.74, 6) is 3.14. The molecule has 7 heteroatoms. The van der Waals surface area contributed by atoms with Crippen molar-refractivity contribution >= 4 is 5.91 Å². The van der Waals surface area contributed by atoms with Crippen LogP contribution in [-0.4, -0.2) is 37.6 Å². The van der Waals surface area contributed by atoms with Crippen molar-refractivity contribution in [2.45, 2.75) is 51.2 Å². The van der Waals surface area contributed by atoms with Crippen LogP contribution >= 0.6 is 0 Å². The average molecular weight is 491 g/mol. The number of methoxy groups -OCH3 is 1. The van der Waals surface area contributed by atoms with Crippen LogP contribution in [0.25, 0.3) is 0 Å². The van der Waals surface area contributed by atoms with E-state index in [1.165, 1.54) is 11.1 Å². The van der Waals surface area contributed by atoms with Gasteiger partial charge in [0.1, 0.15) is 18.1 Å². The third-order valence-electron chi connectivity index (χ3n) is 7.37. The topological polar surface area (TPSA) is 87.2 Å². The SMILES string of the molecule is CCCc1ccc(OCc2ccc(C(=O)N3CCC4(CC3)COc3ccc(CN)cc34)o2)c(OC)c1. The number of aryl methyl sites for hydroxylation is 1. The summed E-state index contributed by atoms with van der Waals surface area (Å²) in [6.45, 7) is 4.84. The molecule has 1 amide bonds. The summed E-state index contributed by atoms with van der Waals surface area (Å²) in [4.78, 5) is 15.0. The fourth-order valence-corrected chi connectivity index (χ4v) is 5.24. The van der Waals surface area contributed by atoms with E-state index in [1.54, 1.807) is 19.2 Å². The second kappa shape index (κ2) is 10.3. The molecule has 190 valence electrons. The third-order valence-corrected chi connectivity index (χ3v) is 7.37. The van der Waals surface area contributed by atoms with Gasteiger partial charge in [-0.3, -0.25) is 4.79 Å². The van der Waals surface area contributed by atoms with Gasteiger partial charge < -0.3 is 29.3 Å². The Morgan fingerprint density at radius 1 is 1.06 bits per heavy atom. The van der Waals surface area contributed by atoms with E-state index < -0.39 is 0 Å². The smallest absolute Gasteiger partial charge is 0.289 e. The molecule has 0 aliphatic carbocycles. The minimum atomic E-state index is -0.0903. The number of ether oxygens (including phenoxy) is 3. The molecular weight excluding hydrogens is 456 g/mol. The van der Waals surface area contributed by atoms with E-state index in [1.807, 2.05) is 35.2 Å². The van der Waals surface area contributed by atoms with Crippen molar-refractivity contribution < 1.29 is 23.4 Å². The molecule has 0 radical (unpaired) electrons. The highest BCUT2D eigenvalue weighted by molar-refractivity contribution is 5.91. The molecule has 3 aromatic rings. The predicted octanol–water partition coefficient (Wildman–Crippen LogP) is 4.84. The molecule has 1 fully saturated rings. The van der Waals surface area contributed by atoms with Crippen LogP contribution in [0.15, 0.2) is 52.9 Å². The minimum absolute atomic E-state index is 0.0504. The van der Waals surface area contributed by atoms with Crippen molar-refractivity contribution in [2.24, 2.45) is 5.73 Å². The van der Waals surface area contributed by atoms with Crippen LogP contribution in [0.1, 0.15) is 59.2 Å². The Labute approximate surface area is 212 Å². The number of carbonyl (C=O) groups is 1. The zero-order chi connectivity index (χ0) is 25.1. The Bertz CT molecular complexity index is 1230. The second-order valence-corrected chi connectivity index (χ2v) is 9.69. The summed E-state index contributed by atoms with van der Waals surface area (Å²) >= 11 is 0. The molecule has 2 aliphatic rings. The first-order valence-electron chi connectivity index (χ1n) is 12.7. The number of hydrogen-bond donors (Lipinski definition) is 1. The number of rotatable bonds is 8. The van der Waals surface area contributed by atoms with E-state index >= 15 is 0 Å².